The number of hydrogen-bond acceptors (Lipinski definition) is 1. The number of alkyl halides is 1. The van der Waals surface area contributed by atoms with Crippen molar-refractivity contribution in [3.63, 3.8) is 0 Å². The van der Waals surface area contributed by atoms with Crippen LogP contribution in [0.5, 0.6) is 0 Å². The molecule has 0 saturated carbocycles. The number of anilines is 1. The van der Waals surface area contributed by atoms with Gasteiger partial charge in [-0.25, -0.2) is 4.39 Å². The average Bonchev–Trinajstić information content (AvgIpc) is 2.67. The summed E-state index contributed by atoms with van der Waals surface area (Å²) in [5.74, 6) is 0.489. The number of halogens is 1. The first kappa shape index (κ1) is 10.6. The minimum Gasteiger partial charge on any atom is -0.368 e. The zero-order valence-corrected chi connectivity index (χ0v) is 9.99. The minimum absolute atomic E-state index is 0.279. The highest BCUT2D eigenvalue weighted by Crippen LogP contribution is 2.40. The lowest BCUT2D eigenvalue weighted by atomic mass is 9.96. The van der Waals surface area contributed by atoms with Crippen molar-refractivity contribution in [2.75, 3.05) is 24.7 Å². The first-order valence-electron chi connectivity index (χ1n) is 6.14. The Morgan fingerprint density at radius 2 is 2.06 bits per heavy atom. The maximum Gasteiger partial charge on any atom is 0.107 e. The van der Waals surface area contributed by atoms with E-state index < -0.39 is 0 Å². The summed E-state index contributed by atoms with van der Waals surface area (Å²) in [5.41, 5.74) is 2.60. The maximum absolute atomic E-state index is 12.5. The molecule has 2 aromatic carbocycles. The van der Waals surface area contributed by atoms with Crippen LogP contribution in [0.1, 0.15) is 18.4 Å². The van der Waals surface area contributed by atoms with E-state index in [4.69, 9.17) is 0 Å². The third kappa shape index (κ3) is 1.59. The molecule has 2 aromatic rings. The van der Waals surface area contributed by atoms with Gasteiger partial charge in [0, 0.05) is 24.7 Å². The summed E-state index contributed by atoms with van der Waals surface area (Å²) in [4.78, 5) is 2.16. The lowest BCUT2D eigenvalue weighted by Gasteiger charge is -2.17. The molecule has 0 radical (unpaired) electrons. The third-order valence-electron chi connectivity index (χ3n) is 3.63. The van der Waals surface area contributed by atoms with Crippen molar-refractivity contribution in [2.45, 2.75) is 12.8 Å². The summed E-state index contributed by atoms with van der Waals surface area (Å²) in [6.45, 7) is 3.39. The van der Waals surface area contributed by atoms with Gasteiger partial charge in [0.1, 0.15) is 6.67 Å². The molecule has 0 amide bonds. The van der Waals surface area contributed by atoms with E-state index in [1.54, 1.807) is 0 Å². The SMILES string of the molecule is CC1CN(CCF)c2ccc3ccccc3c21. The standard InChI is InChI=1S/C15H16FN/c1-11-10-17(9-8-16)14-7-6-12-4-2-3-5-13(12)15(11)14/h2-7,11H,8-10H2,1H3. The van der Waals surface area contributed by atoms with Crippen molar-refractivity contribution < 1.29 is 4.39 Å². The summed E-state index contributed by atoms with van der Waals surface area (Å²) >= 11 is 0. The quantitative estimate of drug-likeness (QED) is 0.758. The lowest BCUT2D eigenvalue weighted by molar-refractivity contribution is 0.491. The fourth-order valence-corrected chi connectivity index (χ4v) is 2.91. The molecule has 0 spiro atoms. The van der Waals surface area contributed by atoms with Gasteiger partial charge in [0.25, 0.3) is 0 Å². The Hall–Kier alpha value is -1.57. The molecule has 3 rings (SSSR count). The molecule has 88 valence electrons. The summed E-state index contributed by atoms with van der Waals surface area (Å²) in [5, 5.41) is 2.60. The average molecular weight is 229 g/mol. The Morgan fingerprint density at radius 1 is 1.24 bits per heavy atom. The number of nitrogens with zero attached hydrogens (tertiary/aromatic N) is 1. The van der Waals surface area contributed by atoms with Gasteiger partial charge in [-0.05, 0) is 22.4 Å². The van der Waals surface area contributed by atoms with Crippen LogP contribution in [-0.4, -0.2) is 19.8 Å². The van der Waals surface area contributed by atoms with Crippen LogP contribution in [0.15, 0.2) is 36.4 Å². The first-order valence-corrected chi connectivity index (χ1v) is 6.14. The van der Waals surface area contributed by atoms with E-state index in [1.165, 1.54) is 22.0 Å². The highest BCUT2D eigenvalue weighted by molar-refractivity contribution is 5.92. The van der Waals surface area contributed by atoms with Crippen LogP contribution in [0.3, 0.4) is 0 Å². The summed E-state index contributed by atoms with van der Waals surface area (Å²) in [7, 11) is 0. The van der Waals surface area contributed by atoms with Crippen LogP contribution in [0, 0.1) is 0 Å². The monoisotopic (exact) mass is 229 g/mol. The molecule has 1 aliphatic rings. The normalized spacial score (nSPS) is 18.7. The van der Waals surface area contributed by atoms with Crippen molar-refractivity contribution in [2.24, 2.45) is 0 Å². The van der Waals surface area contributed by atoms with E-state index in [2.05, 4.69) is 48.2 Å². The van der Waals surface area contributed by atoms with Crippen LogP contribution < -0.4 is 4.90 Å². The second kappa shape index (κ2) is 4.02. The number of hydrogen-bond donors (Lipinski definition) is 0. The fraction of sp³-hybridized carbons (Fsp3) is 0.333. The molecule has 0 N–H and O–H groups in total. The highest BCUT2D eigenvalue weighted by atomic mass is 19.1. The molecule has 0 aliphatic carbocycles. The van der Waals surface area contributed by atoms with Crippen molar-refractivity contribution in [1.29, 1.82) is 0 Å². The number of fused-ring (bicyclic) bond motifs is 3. The van der Waals surface area contributed by atoms with Crippen LogP contribution in [-0.2, 0) is 0 Å². The Bertz CT molecular complexity index is 550. The smallest absolute Gasteiger partial charge is 0.107 e. The van der Waals surface area contributed by atoms with Gasteiger partial charge in [-0.15, -0.1) is 0 Å². The van der Waals surface area contributed by atoms with E-state index in [-0.39, 0.29) is 6.67 Å². The van der Waals surface area contributed by atoms with Gasteiger partial charge in [-0.2, -0.15) is 0 Å². The number of benzene rings is 2. The second-order valence-electron chi connectivity index (χ2n) is 4.76. The summed E-state index contributed by atoms with van der Waals surface area (Å²) in [6.07, 6.45) is 0. The second-order valence-corrected chi connectivity index (χ2v) is 4.76. The molecular weight excluding hydrogens is 213 g/mol. The van der Waals surface area contributed by atoms with E-state index in [9.17, 15) is 4.39 Å². The van der Waals surface area contributed by atoms with Gasteiger partial charge in [0.15, 0.2) is 0 Å². The zero-order valence-electron chi connectivity index (χ0n) is 9.99. The van der Waals surface area contributed by atoms with Crippen LogP contribution in [0.25, 0.3) is 10.8 Å². The molecule has 0 fully saturated rings. The van der Waals surface area contributed by atoms with Crippen LogP contribution >= 0.6 is 0 Å². The largest absolute Gasteiger partial charge is 0.368 e. The van der Waals surface area contributed by atoms with Crippen molar-refractivity contribution in [3.05, 3.63) is 42.0 Å². The minimum atomic E-state index is -0.279. The molecule has 1 nitrogen and oxygen atoms in total. The van der Waals surface area contributed by atoms with Crippen LogP contribution in [0.4, 0.5) is 10.1 Å². The Balaban J connectivity index is 2.20. The lowest BCUT2D eigenvalue weighted by Crippen LogP contribution is -2.23. The molecule has 1 heterocycles. The van der Waals surface area contributed by atoms with Gasteiger partial charge < -0.3 is 4.90 Å². The van der Waals surface area contributed by atoms with Gasteiger partial charge in [0.05, 0.1) is 0 Å². The van der Waals surface area contributed by atoms with Gasteiger partial charge in [0.2, 0.25) is 0 Å². The number of rotatable bonds is 2. The molecule has 1 atom stereocenters. The predicted octanol–water partition coefficient (Wildman–Crippen LogP) is 3.73. The molecule has 1 aliphatic heterocycles. The van der Waals surface area contributed by atoms with Gasteiger partial charge in [-0.1, -0.05) is 37.3 Å². The Kier molecular flexibility index (Phi) is 2.50. The van der Waals surface area contributed by atoms with Gasteiger partial charge in [-0.3, -0.25) is 0 Å². The van der Waals surface area contributed by atoms with Crippen molar-refractivity contribution >= 4 is 16.5 Å². The molecule has 0 saturated heterocycles. The molecule has 0 aromatic heterocycles. The topological polar surface area (TPSA) is 3.24 Å². The maximum atomic E-state index is 12.5. The molecule has 2 heteroatoms. The van der Waals surface area contributed by atoms with E-state index in [0.29, 0.717) is 12.5 Å². The summed E-state index contributed by atoms with van der Waals surface area (Å²) < 4.78 is 12.5. The van der Waals surface area contributed by atoms with Crippen molar-refractivity contribution in [1.82, 2.24) is 0 Å². The molecule has 17 heavy (non-hydrogen) atoms. The van der Waals surface area contributed by atoms with Crippen LogP contribution in [0.2, 0.25) is 0 Å². The fourth-order valence-electron chi connectivity index (χ4n) is 2.91. The van der Waals surface area contributed by atoms with Gasteiger partial charge >= 0.3 is 0 Å². The Labute approximate surface area is 101 Å². The molecule has 0 bridgehead atoms. The zero-order chi connectivity index (χ0) is 11.8. The molecular formula is C15H16FN. The first-order chi connectivity index (χ1) is 8.31. The molecule has 1 unspecified atom stereocenters. The predicted molar refractivity (Wildman–Crippen MR) is 70.6 cm³/mol. The summed E-state index contributed by atoms with van der Waals surface area (Å²) in [6, 6.07) is 12.7. The third-order valence-corrected chi connectivity index (χ3v) is 3.63. The Morgan fingerprint density at radius 3 is 2.88 bits per heavy atom. The van der Waals surface area contributed by atoms with Crippen molar-refractivity contribution in [3.8, 4) is 0 Å². The van der Waals surface area contributed by atoms with E-state index in [0.717, 1.165) is 6.54 Å². The van der Waals surface area contributed by atoms with E-state index in [1.807, 2.05) is 0 Å². The highest BCUT2D eigenvalue weighted by Gasteiger charge is 2.26. The van der Waals surface area contributed by atoms with E-state index >= 15 is 0 Å².